The highest BCUT2D eigenvalue weighted by atomic mass is 16.1. The first kappa shape index (κ1) is 14.9. The van der Waals surface area contributed by atoms with Crippen molar-refractivity contribution in [3.63, 3.8) is 0 Å². The van der Waals surface area contributed by atoms with Gasteiger partial charge in [-0.2, -0.15) is 0 Å². The Balaban J connectivity index is 1.86. The summed E-state index contributed by atoms with van der Waals surface area (Å²) in [6.45, 7) is 4.66. The van der Waals surface area contributed by atoms with Crippen molar-refractivity contribution in [1.29, 1.82) is 0 Å². The number of amides is 1. The van der Waals surface area contributed by atoms with Crippen molar-refractivity contribution in [2.24, 2.45) is 5.92 Å². The molecule has 1 amide bonds. The van der Waals surface area contributed by atoms with E-state index < -0.39 is 0 Å². The van der Waals surface area contributed by atoms with Crippen LogP contribution in [0, 0.1) is 12.8 Å². The molecule has 3 nitrogen and oxygen atoms in total. The predicted octanol–water partition coefficient (Wildman–Crippen LogP) is 4.34. The van der Waals surface area contributed by atoms with E-state index in [4.69, 9.17) is 0 Å². The first-order valence-electron chi connectivity index (χ1n) is 7.77. The Kier molecular flexibility index (Phi) is 5.45. The highest BCUT2D eigenvalue weighted by molar-refractivity contribution is 5.89. The minimum absolute atomic E-state index is 0.0259. The van der Waals surface area contributed by atoms with Crippen molar-refractivity contribution < 1.29 is 4.79 Å². The van der Waals surface area contributed by atoms with Crippen LogP contribution in [0.5, 0.6) is 0 Å². The monoisotopic (exact) mass is 274 g/mol. The molecule has 3 heteroatoms. The third-order valence-electron chi connectivity index (χ3n) is 4.15. The Morgan fingerprint density at radius 1 is 1.25 bits per heavy atom. The SMILES string of the molecule is CC(=O)Nc1ccc(C)c(NCCC2CCCCC2)c1. The van der Waals surface area contributed by atoms with Crippen LogP contribution in [0.2, 0.25) is 0 Å². The Morgan fingerprint density at radius 3 is 2.70 bits per heavy atom. The smallest absolute Gasteiger partial charge is 0.221 e. The molecule has 0 atom stereocenters. The standard InChI is InChI=1S/C17H26N2O/c1-13-8-9-16(19-14(2)20)12-17(13)18-11-10-15-6-4-3-5-7-15/h8-9,12,15,18H,3-7,10-11H2,1-2H3,(H,19,20). The molecule has 0 heterocycles. The molecule has 1 aromatic rings. The molecule has 2 rings (SSSR count). The van der Waals surface area contributed by atoms with Gasteiger partial charge in [-0.15, -0.1) is 0 Å². The van der Waals surface area contributed by atoms with Gasteiger partial charge in [0.2, 0.25) is 5.91 Å². The summed E-state index contributed by atoms with van der Waals surface area (Å²) in [5.74, 6) is 0.872. The van der Waals surface area contributed by atoms with E-state index in [1.54, 1.807) is 0 Å². The van der Waals surface area contributed by atoms with Gasteiger partial charge in [0.15, 0.2) is 0 Å². The van der Waals surface area contributed by atoms with Crippen LogP contribution < -0.4 is 10.6 Å². The van der Waals surface area contributed by atoms with Crippen molar-refractivity contribution in [2.45, 2.75) is 52.4 Å². The molecular weight excluding hydrogens is 248 g/mol. The summed E-state index contributed by atoms with van der Waals surface area (Å²) < 4.78 is 0. The predicted molar refractivity (Wildman–Crippen MR) is 85.2 cm³/mol. The second-order valence-electron chi connectivity index (χ2n) is 5.93. The van der Waals surface area contributed by atoms with Crippen LogP contribution in [0.4, 0.5) is 11.4 Å². The molecule has 20 heavy (non-hydrogen) atoms. The van der Waals surface area contributed by atoms with Gasteiger partial charge in [-0.3, -0.25) is 4.79 Å². The topological polar surface area (TPSA) is 41.1 Å². The van der Waals surface area contributed by atoms with E-state index in [9.17, 15) is 4.79 Å². The van der Waals surface area contributed by atoms with Gasteiger partial charge in [0.1, 0.15) is 0 Å². The fourth-order valence-corrected chi connectivity index (χ4v) is 2.98. The van der Waals surface area contributed by atoms with Crippen molar-refractivity contribution >= 4 is 17.3 Å². The number of benzene rings is 1. The van der Waals surface area contributed by atoms with Crippen molar-refractivity contribution in [3.8, 4) is 0 Å². The van der Waals surface area contributed by atoms with Gasteiger partial charge < -0.3 is 10.6 Å². The van der Waals surface area contributed by atoms with Crippen LogP contribution in [0.3, 0.4) is 0 Å². The molecule has 1 aromatic carbocycles. The minimum atomic E-state index is -0.0259. The van der Waals surface area contributed by atoms with E-state index in [0.29, 0.717) is 0 Å². The Hall–Kier alpha value is -1.51. The molecule has 0 aromatic heterocycles. The van der Waals surface area contributed by atoms with Crippen LogP contribution >= 0.6 is 0 Å². The lowest BCUT2D eigenvalue weighted by Gasteiger charge is -2.22. The lowest BCUT2D eigenvalue weighted by molar-refractivity contribution is -0.114. The second-order valence-corrected chi connectivity index (χ2v) is 5.93. The molecule has 0 saturated heterocycles. The van der Waals surface area contributed by atoms with E-state index in [-0.39, 0.29) is 5.91 Å². The molecule has 1 aliphatic carbocycles. The largest absolute Gasteiger partial charge is 0.385 e. The maximum absolute atomic E-state index is 11.1. The Labute approximate surface area is 122 Å². The average molecular weight is 274 g/mol. The maximum atomic E-state index is 11.1. The number of carbonyl (C=O) groups excluding carboxylic acids is 1. The van der Waals surface area contributed by atoms with E-state index in [1.807, 2.05) is 18.2 Å². The number of hydrogen-bond donors (Lipinski definition) is 2. The summed E-state index contributed by atoms with van der Waals surface area (Å²) in [6, 6.07) is 6.02. The van der Waals surface area contributed by atoms with Crippen LogP contribution in [0.1, 0.15) is 51.0 Å². The Bertz CT molecular complexity index is 450. The van der Waals surface area contributed by atoms with Gasteiger partial charge in [-0.25, -0.2) is 0 Å². The first-order valence-corrected chi connectivity index (χ1v) is 7.77. The Morgan fingerprint density at radius 2 is 2.00 bits per heavy atom. The van der Waals surface area contributed by atoms with E-state index in [1.165, 1.54) is 51.0 Å². The van der Waals surface area contributed by atoms with Crippen LogP contribution in [-0.4, -0.2) is 12.5 Å². The van der Waals surface area contributed by atoms with Gasteiger partial charge in [-0.05, 0) is 37.0 Å². The number of anilines is 2. The van der Waals surface area contributed by atoms with Gasteiger partial charge in [0, 0.05) is 24.8 Å². The number of nitrogens with one attached hydrogen (secondary N) is 2. The molecule has 110 valence electrons. The van der Waals surface area contributed by atoms with Gasteiger partial charge in [-0.1, -0.05) is 38.2 Å². The highest BCUT2D eigenvalue weighted by Crippen LogP contribution is 2.27. The zero-order valence-electron chi connectivity index (χ0n) is 12.7. The fraction of sp³-hybridized carbons (Fsp3) is 0.588. The number of hydrogen-bond acceptors (Lipinski definition) is 2. The van der Waals surface area contributed by atoms with E-state index in [0.717, 1.165) is 23.8 Å². The summed E-state index contributed by atoms with van der Waals surface area (Å²) in [4.78, 5) is 11.1. The maximum Gasteiger partial charge on any atom is 0.221 e. The summed E-state index contributed by atoms with van der Waals surface area (Å²) in [5, 5.41) is 6.36. The molecule has 1 aliphatic rings. The zero-order chi connectivity index (χ0) is 14.4. The molecule has 0 bridgehead atoms. The third-order valence-corrected chi connectivity index (χ3v) is 4.15. The molecule has 1 fully saturated rings. The van der Waals surface area contributed by atoms with Gasteiger partial charge >= 0.3 is 0 Å². The second kappa shape index (κ2) is 7.32. The van der Waals surface area contributed by atoms with Crippen molar-refractivity contribution in [2.75, 3.05) is 17.2 Å². The number of rotatable bonds is 5. The van der Waals surface area contributed by atoms with E-state index in [2.05, 4.69) is 17.6 Å². The summed E-state index contributed by atoms with van der Waals surface area (Å²) >= 11 is 0. The summed E-state index contributed by atoms with van der Waals surface area (Å²) in [5.41, 5.74) is 3.22. The van der Waals surface area contributed by atoms with Crippen LogP contribution in [0.25, 0.3) is 0 Å². The zero-order valence-corrected chi connectivity index (χ0v) is 12.7. The average Bonchev–Trinajstić information content (AvgIpc) is 2.43. The molecular formula is C17H26N2O. The lowest BCUT2D eigenvalue weighted by atomic mass is 9.87. The summed E-state index contributed by atoms with van der Waals surface area (Å²) in [7, 11) is 0. The van der Waals surface area contributed by atoms with Crippen LogP contribution in [0.15, 0.2) is 18.2 Å². The quantitative estimate of drug-likeness (QED) is 0.838. The minimum Gasteiger partial charge on any atom is -0.385 e. The van der Waals surface area contributed by atoms with Crippen molar-refractivity contribution in [3.05, 3.63) is 23.8 Å². The number of aryl methyl sites for hydroxylation is 1. The molecule has 0 aliphatic heterocycles. The third kappa shape index (κ3) is 4.55. The number of carbonyl (C=O) groups is 1. The van der Waals surface area contributed by atoms with Crippen LogP contribution in [-0.2, 0) is 4.79 Å². The molecule has 0 radical (unpaired) electrons. The molecule has 2 N–H and O–H groups in total. The fourth-order valence-electron chi connectivity index (χ4n) is 2.98. The van der Waals surface area contributed by atoms with Gasteiger partial charge in [0.05, 0.1) is 0 Å². The van der Waals surface area contributed by atoms with E-state index >= 15 is 0 Å². The normalized spacial score (nSPS) is 15.9. The molecule has 0 spiro atoms. The lowest BCUT2D eigenvalue weighted by Crippen LogP contribution is -2.13. The summed E-state index contributed by atoms with van der Waals surface area (Å²) in [6.07, 6.45) is 8.27. The first-order chi connectivity index (χ1) is 9.65. The molecule has 0 unspecified atom stereocenters. The molecule has 1 saturated carbocycles. The van der Waals surface area contributed by atoms with Gasteiger partial charge in [0.25, 0.3) is 0 Å². The van der Waals surface area contributed by atoms with Crippen molar-refractivity contribution in [1.82, 2.24) is 0 Å². The highest BCUT2D eigenvalue weighted by Gasteiger charge is 2.12.